The standard InChI is InChI=1S/C14H22N2O2/c1-4-12(3)16(11-14(17)18-5-2)10-13-7-6-8-15-9-13/h6-9,12H,4-5,10-11H2,1-3H3. The van der Waals surface area contributed by atoms with Gasteiger partial charge in [-0.1, -0.05) is 13.0 Å². The molecule has 0 aliphatic heterocycles. The highest BCUT2D eigenvalue weighted by Gasteiger charge is 2.17. The van der Waals surface area contributed by atoms with Gasteiger partial charge in [-0.3, -0.25) is 14.7 Å². The molecule has 0 spiro atoms. The molecule has 1 aromatic rings. The number of aromatic nitrogens is 1. The van der Waals surface area contributed by atoms with Gasteiger partial charge in [0, 0.05) is 25.0 Å². The summed E-state index contributed by atoms with van der Waals surface area (Å²) in [4.78, 5) is 17.8. The van der Waals surface area contributed by atoms with Crippen molar-refractivity contribution < 1.29 is 9.53 Å². The number of carbonyl (C=O) groups is 1. The zero-order chi connectivity index (χ0) is 13.4. The number of pyridine rings is 1. The van der Waals surface area contributed by atoms with Crippen LogP contribution in [0.25, 0.3) is 0 Å². The molecule has 0 N–H and O–H groups in total. The molecular formula is C14H22N2O2. The first kappa shape index (κ1) is 14.6. The van der Waals surface area contributed by atoms with Gasteiger partial charge in [0.25, 0.3) is 0 Å². The van der Waals surface area contributed by atoms with Crippen LogP contribution in [0.3, 0.4) is 0 Å². The van der Waals surface area contributed by atoms with E-state index in [1.165, 1.54) is 0 Å². The Balaban J connectivity index is 2.64. The van der Waals surface area contributed by atoms with Crippen molar-refractivity contribution in [1.82, 2.24) is 9.88 Å². The highest BCUT2D eigenvalue weighted by Crippen LogP contribution is 2.09. The number of hydrogen-bond acceptors (Lipinski definition) is 4. The van der Waals surface area contributed by atoms with Crippen LogP contribution in [0.15, 0.2) is 24.5 Å². The molecule has 0 fully saturated rings. The molecule has 0 aliphatic rings. The first-order chi connectivity index (χ1) is 8.67. The van der Waals surface area contributed by atoms with Gasteiger partial charge in [0.1, 0.15) is 0 Å². The number of carbonyl (C=O) groups excluding carboxylic acids is 1. The highest BCUT2D eigenvalue weighted by atomic mass is 16.5. The van der Waals surface area contributed by atoms with Gasteiger partial charge in [-0.25, -0.2) is 0 Å². The van der Waals surface area contributed by atoms with Crippen molar-refractivity contribution in [3.63, 3.8) is 0 Å². The molecule has 4 heteroatoms. The van der Waals surface area contributed by atoms with Crippen LogP contribution in [0, 0.1) is 0 Å². The average molecular weight is 250 g/mol. The Morgan fingerprint density at radius 1 is 1.50 bits per heavy atom. The summed E-state index contributed by atoms with van der Waals surface area (Å²) < 4.78 is 5.01. The zero-order valence-corrected chi connectivity index (χ0v) is 11.4. The zero-order valence-electron chi connectivity index (χ0n) is 11.4. The molecule has 1 rings (SSSR count). The molecule has 1 heterocycles. The van der Waals surface area contributed by atoms with E-state index in [4.69, 9.17) is 4.74 Å². The van der Waals surface area contributed by atoms with Crippen LogP contribution < -0.4 is 0 Å². The minimum absolute atomic E-state index is 0.165. The van der Waals surface area contributed by atoms with Crippen molar-refractivity contribution in [2.75, 3.05) is 13.2 Å². The van der Waals surface area contributed by atoms with E-state index in [0.29, 0.717) is 19.2 Å². The van der Waals surface area contributed by atoms with Crippen molar-refractivity contribution in [2.45, 2.75) is 39.8 Å². The molecule has 18 heavy (non-hydrogen) atoms. The monoisotopic (exact) mass is 250 g/mol. The van der Waals surface area contributed by atoms with Crippen LogP contribution in [0.2, 0.25) is 0 Å². The SMILES string of the molecule is CCOC(=O)CN(Cc1cccnc1)C(C)CC. The molecule has 0 saturated carbocycles. The maximum Gasteiger partial charge on any atom is 0.320 e. The Kier molecular flexibility index (Phi) is 6.36. The minimum Gasteiger partial charge on any atom is -0.465 e. The molecule has 1 unspecified atom stereocenters. The lowest BCUT2D eigenvalue weighted by Gasteiger charge is -2.27. The van der Waals surface area contributed by atoms with Gasteiger partial charge in [0.15, 0.2) is 0 Å². The molecule has 0 radical (unpaired) electrons. The summed E-state index contributed by atoms with van der Waals surface area (Å²) in [6, 6.07) is 4.27. The molecule has 4 nitrogen and oxygen atoms in total. The van der Waals surface area contributed by atoms with Crippen molar-refractivity contribution in [2.24, 2.45) is 0 Å². The summed E-state index contributed by atoms with van der Waals surface area (Å²) in [5, 5.41) is 0. The summed E-state index contributed by atoms with van der Waals surface area (Å²) in [5.41, 5.74) is 1.11. The van der Waals surface area contributed by atoms with Crippen molar-refractivity contribution in [3.8, 4) is 0 Å². The van der Waals surface area contributed by atoms with Crippen LogP contribution in [0.1, 0.15) is 32.8 Å². The van der Waals surface area contributed by atoms with Gasteiger partial charge in [-0.2, -0.15) is 0 Å². The molecule has 0 bridgehead atoms. The third-order valence-electron chi connectivity index (χ3n) is 2.96. The number of hydrogen-bond donors (Lipinski definition) is 0. The largest absolute Gasteiger partial charge is 0.465 e. The molecule has 1 aromatic heterocycles. The van der Waals surface area contributed by atoms with Crippen LogP contribution in [-0.2, 0) is 16.1 Å². The second-order valence-electron chi connectivity index (χ2n) is 4.33. The first-order valence-electron chi connectivity index (χ1n) is 6.45. The van der Waals surface area contributed by atoms with E-state index in [-0.39, 0.29) is 5.97 Å². The fourth-order valence-corrected chi connectivity index (χ4v) is 1.72. The van der Waals surface area contributed by atoms with Crippen LogP contribution in [-0.4, -0.2) is 35.0 Å². The topological polar surface area (TPSA) is 42.4 Å². The van der Waals surface area contributed by atoms with Crippen LogP contribution in [0.4, 0.5) is 0 Å². The average Bonchev–Trinajstić information content (AvgIpc) is 2.38. The summed E-state index contributed by atoms with van der Waals surface area (Å²) in [6.45, 7) is 7.55. The van der Waals surface area contributed by atoms with Gasteiger partial charge in [-0.15, -0.1) is 0 Å². The first-order valence-corrected chi connectivity index (χ1v) is 6.45. The number of esters is 1. The predicted octanol–water partition coefficient (Wildman–Crippen LogP) is 2.25. The van der Waals surface area contributed by atoms with E-state index in [1.807, 2.05) is 25.3 Å². The Morgan fingerprint density at radius 3 is 2.83 bits per heavy atom. The lowest BCUT2D eigenvalue weighted by atomic mass is 10.2. The quantitative estimate of drug-likeness (QED) is 0.696. The molecule has 0 saturated heterocycles. The molecule has 1 atom stereocenters. The predicted molar refractivity (Wildman–Crippen MR) is 71.0 cm³/mol. The van der Waals surface area contributed by atoms with Crippen LogP contribution in [0.5, 0.6) is 0 Å². The Hall–Kier alpha value is -1.42. The minimum atomic E-state index is -0.165. The fourth-order valence-electron chi connectivity index (χ4n) is 1.72. The lowest BCUT2D eigenvalue weighted by Crippen LogP contribution is -2.37. The lowest BCUT2D eigenvalue weighted by molar-refractivity contribution is -0.145. The van der Waals surface area contributed by atoms with Gasteiger partial charge < -0.3 is 4.74 Å². The second-order valence-corrected chi connectivity index (χ2v) is 4.33. The van der Waals surface area contributed by atoms with E-state index in [0.717, 1.165) is 18.5 Å². The molecule has 100 valence electrons. The molecule has 0 aliphatic carbocycles. The number of rotatable bonds is 7. The Labute approximate surface area is 109 Å². The molecule has 0 aromatic carbocycles. The molecular weight excluding hydrogens is 228 g/mol. The van der Waals surface area contributed by atoms with E-state index in [9.17, 15) is 4.79 Å². The van der Waals surface area contributed by atoms with E-state index < -0.39 is 0 Å². The van der Waals surface area contributed by atoms with Gasteiger partial charge in [0.05, 0.1) is 13.2 Å². The van der Waals surface area contributed by atoms with E-state index in [2.05, 4.69) is 23.7 Å². The maximum atomic E-state index is 11.6. The van der Waals surface area contributed by atoms with Crippen molar-refractivity contribution in [3.05, 3.63) is 30.1 Å². The summed E-state index contributed by atoms with van der Waals surface area (Å²) in [5.74, 6) is -0.165. The smallest absolute Gasteiger partial charge is 0.320 e. The van der Waals surface area contributed by atoms with Gasteiger partial charge in [-0.05, 0) is 31.9 Å². The van der Waals surface area contributed by atoms with Crippen LogP contribution >= 0.6 is 0 Å². The number of nitrogens with zero attached hydrogens (tertiary/aromatic N) is 2. The fraction of sp³-hybridized carbons (Fsp3) is 0.571. The summed E-state index contributed by atoms with van der Waals surface area (Å²) in [6.07, 6.45) is 4.59. The summed E-state index contributed by atoms with van der Waals surface area (Å²) in [7, 11) is 0. The third kappa shape index (κ3) is 4.84. The Morgan fingerprint density at radius 2 is 2.28 bits per heavy atom. The normalized spacial score (nSPS) is 12.4. The van der Waals surface area contributed by atoms with Crippen molar-refractivity contribution >= 4 is 5.97 Å². The molecule has 0 amide bonds. The van der Waals surface area contributed by atoms with Gasteiger partial charge >= 0.3 is 5.97 Å². The van der Waals surface area contributed by atoms with E-state index in [1.54, 1.807) is 6.20 Å². The number of ether oxygens (including phenoxy) is 1. The maximum absolute atomic E-state index is 11.6. The van der Waals surface area contributed by atoms with Gasteiger partial charge in [0.2, 0.25) is 0 Å². The van der Waals surface area contributed by atoms with Crippen molar-refractivity contribution in [1.29, 1.82) is 0 Å². The highest BCUT2D eigenvalue weighted by molar-refractivity contribution is 5.71. The summed E-state index contributed by atoms with van der Waals surface area (Å²) >= 11 is 0. The third-order valence-corrected chi connectivity index (χ3v) is 2.96. The van der Waals surface area contributed by atoms with E-state index >= 15 is 0 Å². The Bertz CT molecular complexity index is 354. The second kappa shape index (κ2) is 7.82.